The van der Waals surface area contributed by atoms with Gasteiger partial charge in [0, 0.05) is 26.3 Å². The number of amides is 5. The smallest absolute Gasteiger partial charge is 0.326 e. The van der Waals surface area contributed by atoms with Gasteiger partial charge in [-0.25, -0.2) is 4.79 Å². The SMILES string of the molecule is CC(=O)N[C@H](C(=O)NC(C(=O)N[C@@H](C)C(=O)N1Cc2ccccc2C[C@H]1C(=O)N[C@@H](Cc1ccccc1)C(=O)O)C1CCCCC1)C(C)C. The molecular weight excluding hydrogens is 626 g/mol. The van der Waals surface area contributed by atoms with Crippen LogP contribution in [0.15, 0.2) is 54.6 Å². The van der Waals surface area contributed by atoms with Gasteiger partial charge in [-0.1, -0.05) is 87.7 Å². The van der Waals surface area contributed by atoms with Gasteiger partial charge in [0.05, 0.1) is 0 Å². The van der Waals surface area contributed by atoms with Crippen LogP contribution in [0.2, 0.25) is 0 Å². The van der Waals surface area contributed by atoms with E-state index in [1.54, 1.807) is 45.0 Å². The molecule has 0 radical (unpaired) electrons. The third-order valence-corrected chi connectivity index (χ3v) is 9.47. The fraction of sp³-hybridized carbons (Fsp3) is 0.514. The Labute approximate surface area is 287 Å². The van der Waals surface area contributed by atoms with Gasteiger partial charge in [0.1, 0.15) is 30.2 Å². The minimum atomic E-state index is -1.21. The molecule has 0 aromatic heterocycles. The minimum Gasteiger partial charge on any atom is -0.480 e. The number of carbonyl (C=O) groups is 6. The lowest BCUT2D eigenvalue weighted by molar-refractivity contribution is -0.147. The van der Waals surface area contributed by atoms with E-state index in [0.717, 1.165) is 48.8 Å². The third-order valence-electron chi connectivity index (χ3n) is 9.47. The molecule has 49 heavy (non-hydrogen) atoms. The monoisotopic (exact) mass is 675 g/mol. The van der Waals surface area contributed by atoms with Crippen LogP contribution in [-0.2, 0) is 48.2 Å². The first kappa shape index (κ1) is 37.1. The van der Waals surface area contributed by atoms with Gasteiger partial charge < -0.3 is 31.3 Å². The molecule has 5 amide bonds. The van der Waals surface area contributed by atoms with Crippen molar-refractivity contribution < 1.29 is 33.9 Å². The van der Waals surface area contributed by atoms with Gasteiger partial charge in [0.15, 0.2) is 0 Å². The van der Waals surface area contributed by atoms with Gasteiger partial charge in [-0.05, 0) is 48.3 Å². The lowest BCUT2D eigenvalue weighted by atomic mass is 9.83. The van der Waals surface area contributed by atoms with E-state index in [0.29, 0.717) is 0 Å². The summed E-state index contributed by atoms with van der Waals surface area (Å²) in [5.74, 6) is -4.02. The maximum Gasteiger partial charge on any atom is 0.326 e. The van der Waals surface area contributed by atoms with E-state index < -0.39 is 59.8 Å². The maximum atomic E-state index is 14.1. The molecule has 1 fully saturated rings. The van der Waals surface area contributed by atoms with Crippen LogP contribution in [0.3, 0.4) is 0 Å². The predicted molar refractivity (Wildman–Crippen MR) is 183 cm³/mol. The Kier molecular flexibility index (Phi) is 12.9. The number of fused-ring (bicyclic) bond motifs is 1. The standard InChI is InChI=1S/C37H49N5O7/c1-22(2)31(39-24(4)43)34(45)41-32(26-15-9-6-10-16-26)35(46)38-23(3)36(47)42-21-28-18-12-11-17-27(28)20-30(42)33(44)40-29(37(48)49)19-25-13-7-5-8-14-25/h5,7-8,11-14,17-18,22-23,26,29-32H,6,9-10,15-16,19-21H2,1-4H3,(H,38,46)(H,39,43)(H,40,44)(H,41,45)(H,48,49)/t23-,29-,30-,31-,32?/m0/s1. The van der Waals surface area contributed by atoms with Crippen LogP contribution < -0.4 is 21.3 Å². The summed E-state index contributed by atoms with van der Waals surface area (Å²) in [5, 5.41) is 20.9. The number of carboxylic acid groups (broad SMARTS) is 1. The predicted octanol–water partition coefficient (Wildman–Crippen LogP) is 2.48. The van der Waals surface area contributed by atoms with E-state index in [1.165, 1.54) is 11.8 Å². The summed E-state index contributed by atoms with van der Waals surface area (Å²) in [5.41, 5.74) is 2.46. The fourth-order valence-electron chi connectivity index (χ4n) is 6.78. The Morgan fingerprint density at radius 3 is 2.04 bits per heavy atom. The van der Waals surface area contributed by atoms with E-state index in [-0.39, 0.29) is 37.1 Å². The van der Waals surface area contributed by atoms with Gasteiger partial charge in [0.2, 0.25) is 29.5 Å². The number of carboxylic acids is 1. The summed E-state index contributed by atoms with van der Waals surface area (Å²) >= 11 is 0. The lowest BCUT2D eigenvalue weighted by Gasteiger charge is -2.38. The number of aliphatic carboxylic acids is 1. The van der Waals surface area contributed by atoms with Crippen LogP contribution in [0.25, 0.3) is 0 Å². The molecule has 5 N–H and O–H groups in total. The molecule has 1 aliphatic carbocycles. The highest BCUT2D eigenvalue weighted by Gasteiger charge is 2.40. The molecule has 0 saturated heterocycles. The first-order valence-corrected chi connectivity index (χ1v) is 17.2. The maximum absolute atomic E-state index is 14.1. The summed E-state index contributed by atoms with van der Waals surface area (Å²) in [6.07, 6.45) is 4.54. The van der Waals surface area contributed by atoms with Gasteiger partial charge in [-0.2, -0.15) is 0 Å². The van der Waals surface area contributed by atoms with E-state index in [4.69, 9.17) is 0 Å². The molecule has 5 atom stereocenters. The second kappa shape index (κ2) is 17.1. The summed E-state index contributed by atoms with van der Waals surface area (Å²) in [4.78, 5) is 80.5. The van der Waals surface area contributed by atoms with Gasteiger partial charge in [0.25, 0.3) is 0 Å². The number of hydrogen-bond acceptors (Lipinski definition) is 6. The Balaban J connectivity index is 1.53. The normalized spacial score (nSPS) is 18.6. The van der Waals surface area contributed by atoms with Gasteiger partial charge >= 0.3 is 5.97 Å². The van der Waals surface area contributed by atoms with Crippen molar-refractivity contribution in [2.24, 2.45) is 11.8 Å². The Morgan fingerprint density at radius 1 is 0.796 bits per heavy atom. The molecule has 2 aliphatic rings. The van der Waals surface area contributed by atoms with E-state index >= 15 is 0 Å². The topological polar surface area (TPSA) is 174 Å². The van der Waals surface area contributed by atoms with Crippen molar-refractivity contribution in [2.75, 3.05) is 0 Å². The largest absolute Gasteiger partial charge is 0.480 e. The molecule has 0 bridgehead atoms. The summed E-state index contributed by atoms with van der Waals surface area (Å²) in [6.45, 7) is 6.58. The first-order valence-electron chi connectivity index (χ1n) is 17.2. The molecule has 2 aromatic rings. The van der Waals surface area contributed by atoms with Crippen molar-refractivity contribution in [2.45, 2.75) is 109 Å². The molecule has 264 valence electrons. The zero-order valence-corrected chi connectivity index (χ0v) is 28.7. The number of rotatable bonds is 13. The highest BCUT2D eigenvalue weighted by Crippen LogP contribution is 2.28. The fourth-order valence-corrected chi connectivity index (χ4v) is 6.78. The molecule has 12 nitrogen and oxygen atoms in total. The minimum absolute atomic E-state index is 0.0690. The van der Waals surface area contributed by atoms with Crippen molar-refractivity contribution in [3.8, 4) is 0 Å². The molecule has 12 heteroatoms. The van der Waals surface area contributed by atoms with Crippen LogP contribution in [0.5, 0.6) is 0 Å². The highest BCUT2D eigenvalue weighted by molar-refractivity contribution is 5.96. The summed E-state index contributed by atoms with van der Waals surface area (Å²) in [7, 11) is 0. The Bertz CT molecular complexity index is 1510. The zero-order valence-electron chi connectivity index (χ0n) is 28.7. The molecule has 1 heterocycles. The van der Waals surface area contributed by atoms with Crippen molar-refractivity contribution in [1.29, 1.82) is 0 Å². The van der Waals surface area contributed by atoms with Crippen molar-refractivity contribution in [1.82, 2.24) is 26.2 Å². The quantitative estimate of drug-likeness (QED) is 0.217. The molecule has 0 spiro atoms. The van der Waals surface area contributed by atoms with Crippen LogP contribution >= 0.6 is 0 Å². The average Bonchev–Trinajstić information content (AvgIpc) is 3.08. The number of benzene rings is 2. The zero-order chi connectivity index (χ0) is 35.7. The van der Waals surface area contributed by atoms with Gasteiger partial charge in [-0.3, -0.25) is 24.0 Å². The Hall–Kier alpha value is -4.74. The van der Waals surface area contributed by atoms with Crippen molar-refractivity contribution in [3.63, 3.8) is 0 Å². The second-order valence-corrected chi connectivity index (χ2v) is 13.6. The molecule has 1 aliphatic heterocycles. The van der Waals surface area contributed by atoms with E-state index in [1.807, 2.05) is 30.3 Å². The van der Waals surface area contributed by atoms with Gasteiger partial charge in [-0.15, -0.1) is 0 Å². The van der Waals surface area contributed by atoms with Crippen LogP contribution in [-0.4, -0.2) is 75.7 Å². The van der Waals surface area contributed by atoms with E-state index in [9.17, 15) is 33.9 Å². The van der Waals surface area contributed by atoms with Crippen molar-refractivity contribution >= 4 is 35.5 Å². The second-order valence-electron chi connectivity index (χ2n) is 13.6. The highest BCUT2D eigenvalue weighted by atomic mass is 16.4. The number of nitrogens with zero attached hydrogens (tertiary/aromatic N) is 1. The molecule has 1 unspecified atom stereocenters. The summed E-state index contributed by atoms with van der Waals surface area (Å²) < 4.78 is 0. The van der Waals surface area contributed by atoms with Crippen LogP contribution in [0.4, 0.5) is 0 Å². The van der Waals surface area contributed by atoms with Crippen LogP contribution in [0, 0.1) is 11.8 Å². The molecule has 4 rings (SSSR count). The number of hydrogen-bond donors (Lipinski definition) is 5. The molecular formula is C37H49N5O7. The van der Waals surface area contributed by atoms with Crippen molar-refractivity contribution in [3.05, 3.63) is 71.3 Å². The molecule has 1 saturated carbocycles. The number of nitrogens with one attached hydrogen (secondary N) is 4. The molecule has 2 aromatic carbocycles. The third kappa shape index (κ3) is 9.90. The average molecular weight is 676 g/mol. The lowest BCUT2D eigenvalue weighted by Crippen LogP contribution is -2.61. The first-order chi connectivity index (χ1) is 23.3. The van der Waals surface area contributed by atoms with Crippen LogP contribution in [0.1, 0.15) is 76.5 Å². The Morgan fingerprint density at radius 2 is 1.43 bits per heavy atom. The summed E-state index contributed by atoms with van der Waals surface area (Å²) in [6, 6.07) is 11.4. The number of carbonyl (C=O) groups excluding carboxylic acids is 5. The van der Waals surface area contributed by atoms with E-state index in [2.05, 4.69) is 21.3 Å².